The van der Waals surface area contributed by atoms with Crippen molar-refractivity contribution < 1.29 is 0 Å². The van der Waals surface area contributed by atoms with E-state index in [4.69, 9.17) is 5.73 Å². The van der Waals surface area contributed by atoms with Crippen LogP contribution in [0.2, 0.25) is 0 Å². The fourth-order valence-corrected chi connectivity index (χ4v) is 2.28. The second-order valence-electron chi connectivity index (χ2n) is 3.42. The second-order valence-corrected chi connectivity index (χ2v) is 4.37. The summed E-state index contributed by atoms with van der Waals surface area (Å²) in [6.07, 6.45) is 6.08. The molecule has 0 saturated heterocycles. The van der Waals surface area contributed by atoms with Gasteiger partial charge in [-0.3, -0.25) is 0 Å². The Morgan fingerprint density at radius 3 is 3.07 bits per heavy atom. The minimum atomic E-state index is 0.767. The Balaban J connectivity index is 2.09. The molecule has 2 aromatic heterocycles. The molecule has 2 heterocycles. The van der Waals surface area contributed by atoms with Gasteiger partial charge in [0, 0.05) is 18.9 Å². The molecule has 0 aliphatic rings. The Kier molecular flexibility index (Phi) is 3.53. The fourth-order valence-electron chi connectivity index (χ4n) is 1.55. The molecule has 2 N–H and O–H groups in total. The highest BCUT2D eigenvalue weighted by molar-refractivity contribution is 7.13. The number of nitrogens with two attached hydrogens (primary N) is 1. The first kappa shape index (κ1) is 10.4. The van der Waals surface area contributed by atoms with Crippen LogP contribution in [-0.4, -0.2) is 16.1 Å². The molecule has 0 unspecified atom stereocenters. The van der Waals surface area contributed by atoms with Crippen LogP contribution in [0.4, 0.5) is 0 Å². The van der Waals surface area contributed by atoms with Crippen molar-refractivity contribution in [2.24, 2.45) is 5.73 Å². The SMILES string of the molecule is NCCCCn1ccnc1-c1cccs1. The third-order valence-corrected chi connectivity index (χ3v) is 3.18. The number of rotatable bonds is 5. The first-order valence-corrected chi connectivity index (χ1v) is 6.05. The smallest absolute Gasteiger partial charge is 0.149 e. The first-order chi connectivity index (χ1) is 7.42. The van der Waals surface area contributed by atoms with Crippen LogP contribution < -0.4 is 5.73 Å². The van der Waals surface area contributed by atoms with Crippen molar-refractivity contribution in [3.63, 3.8) is 0 Å². The molecule has 0 aromatic carbocycles. The molecule has 0 atom stereocenters. The zero-order valence-electron chi connectivity index (χ0n) is 8.60. The molecule has 2 aromatic rings. The van der Waals surface area contributed by atoms with Gasteiger partial charge in [-0.1, -0.05) is 6.07 Å². The summed E-state index contributed by atoms with van der Waals surface area (Å²) in [6, 6.07) is 4.16. The molecule has 2 rings (SSSR count). The largest absolute Gasteiger partial charge is 0.330 e. The van der Waals surface area contributed by atoms with Gasteiger partial charge in [0.05, 0.1) is 4.88 Å². The van der Waals surface area contributed by atoms with Crippen LogP contribution in [-0.2, 0) is 6.54 Å². The Labute approximate surface area is 93.6 Å². The highest BCUT2D eigenvalue weighted by Crippen LogP contribution is 2.22. The number of thiophene rings is 1. The number of aromatic nitrogens is 2. The summed E-state index contributed by atoms with van der Waals surface area (Å²) < 4.78 is 2.20. The van der Waals surface area contributed by atoms with Gasteiger partial charge in [-0.25, -0.2) is 4.98 Å². The lowest BCUT2D eigenvalue weighted by Gasteiger charge is -2.05. The van der Waals surface area contributed by atoms with Gasteiger partial charge in [0.2, 0.25) is 0 Å². The maximum Gasteiger partial charge on any atom is 0.149 e. The molecule has 0 radical (unpaired) electrons. The van der Waals surface area contributed by atoms with Crippen LogP contribution in [0.3, 0.4) is 0 Å². The topological polar surface area (TPSA) is 43.8 Å². The van der Waals surface area contributed by atoms with Gasteiger partial charge in [0.1, 0.15) is 5.82 Å². The molecule has 0 saturated carbocycles. The molecule has 0 spiro atoms. The van der Waals surface area contributed by atoms with E-state index in [9.17, 15) is 0 Å². The van der Waals surface area contributed by atoms with Crippen LogP contribution in [0, 0.1) is 0 Å². The average Bonchev–Trinajstić information content (AvgIpc) is 2.87. The summed E-state index contributed by atoms with van der Waals surface area (Å²) in [5.74, 6) is 1.07. The van der Waals surface area contributed by atoms with Crippen LogP contribution >= 0.6 is 11.3 Å². The van der Waals surface area contributed by atoms with Crippen molar-refractivity contribution in [3.05, 3.63) is 29.9 Å². The van der Waals surface area contributed by atoms with Gasteiger partial charge in [0.25, 0.3) is 0 Å². The summed E-state index contributed by atoms with van der Waals surface area (Å²) in [5, 5.41) is 2.08. The third kappa shape index (κ3) is 2.46. The van der Waals surface area contributed by atoms with Crippen LogP contribution in [0.15, 0.2) is 29.9 Å². The number of aryl methyl sites for hydroxylation is 1. The molecule has 0 amide bonds. The fraction of sp³-hybridized carbons (Fsp3) is 0.364. The van der Waals surface area contributed by atoms with Crippen molar-refractivity contribution in [1.82, 2.24) is 9.55 Å². The van der Waals surface area contributed by atoms with Gasteiger partial charge in [-0.15, -0.1) is 11.3 Å². The molecular formula is C11H15N3S. The van der Waals surface area contributed by atoms with E-state index in [0.29, 0.717) is 0 Å². The summed E-state index contributed by atoms with van der Waals surface area (Å²) >= 11 is 1.73. The van der Waals surface area contributed by atoms with Crippen LogP contribution in [0.1, 0.15) is 12.8 Å². The highest BCUT2D eigenvalue weighted by Gasteiger charge is 2.05. The molecule has 3 nitrogen and oxygen atoms in total. The van der Waals surface area contributed by atoms with Gasteiger partial charge >= 0.3 is 0 Å². The maximum absolute atomic E-state index is 5.48. The van der Waals surface area contributed by atoms with E-state index in [-0.39, 0.29) is 0 Å². The van der Waals surface area contributed by atoms with Crippen molar-refractivity contribution in [3.8, 4) is 10.7 Å². The average molecular weight is 221 g/mol. The van der Waals surface area contributed by atoms with Crippen molar-refractivity contribution in [2.45, 2.75) is 19.4 Å². The van der Waals surface area contributed by atoms with E-state index < -0.39 is 0 Å². The van der Waals surface area contributed by atoms with Crippen molar-refractivity contribution in [2.75, 3.05) is 6.54 Å². The monoisotopic (exact) mass is 221 g/mol. The molecule has 0 aliphatic carbocycles. The standard InChI is InChI=1S/C11H15N3S/c12-5-1-2-7-14-8-6-13-11(14)10-4-3-9-15-10/h3-4,6,8-9H,1-2,5,7,12H2. The quantitative estimate of drug-likeness (QED) is 0.788. The summed E-state index contributed by atoms with van der Waals surface area (Å²) in [4.78, 5) is 5.61. The zero-order chi connectivity index (χ0) is 10.5. The number of hydrogen-bond acceptors (Lipinski definition) is 3. The van der Waals surface area contributed by atoms with E-state index >= 15 is 0 Å². The minimum absolute atomic E-state index is 0.767. The number of hydrogen-bond donors (Lipinski definition) is 1. The van der Waals surface area contributed by atoms with Gasteiger partial charge < -0.3 is 10.3 Å². The lowest BCUT2D eigenvalue weighted by atomic mass is 10.3. The predicted molar refractivity (Wildman–Crippen MR) is 63.8 cm³/mol. The first-order valence-electron chi connectivity index (χ1n) is 5.17. The Morgan fingerprint density at radius 2 is 2.33 bits per heavy atom. The van der Waals surface area contributed by atoms with Gasteiger partial charge in [-0.05, 0) is 30.8 Å². The summed E-state index contributed by atoms with van der Waals surface area (Å²) in [5.41, 5.74) is 5.48. The van der Waals surface area contributed by atoms with E-state index in [0.717, 1.165) is 31.8 Å². The summed E-state index contributed by atoms with van der Waals surface area (Å²) in [7, 11) is 0. The van der Waals surface area contributed by atoms with Crippen LogP contribution in [0.25, 0.3) is 10.7 Å². The molecule has 0 fully saturated rings. The maximum atomic E-state index is 5.48. The van der Waals surface area contributed by atoms with Crippen molar-refractivity contribution >= 4 is 11.3 Å². The predicted octanol–water partition coefficient (Wildman–Crippen LogP) is 2.35. The molecular weight excluding hydrogens is 206 g/mol. The number of unbranched alkanes of at least 4 members (excludes halogenated alkanes) is 1. The molecule has 0 bridgehead atoms. The Bertz CT molecular complexity index is 392. The zero-order valence-corrected chi connectivity index (χ0v) is 9.41. The molecule has 0 aliphatic heterocycles. The lowest BCUT2D eigenvalue weighted by molar-refractivity contribution is 0.620. The van der Waals surface area contributed by atoms with Gasteiger partial charge in [0.15, 0.2) is 0 Å². The Hall–Kier alpha value is -1.13. The van der Waals surface area contributed by atoms with E-state index in [1.165, 1.54) is 4.88 Å². The van der Waals surface area contributed by atoms with Gasteiger partial charge in [-0.2, -0.15) is 0 Å². The van der Waals surface area contributed by atoms with E-state index in [1.54, 1.807) is 11.3 Å². The number of nitrogens with zero attached hydrogens (tertiary/aromatic N) is 2. The van der Waals surface area contributed by atoms with E-state index in [2.05, 4.69) is 27.1 Å². The lowest BCUT2D eigenvalue weighted by Crippen LogP contribution is -2.03. The molecule has 4 heteroatoms. The normalized spacial score (nSPS) is 10.7. The highest BCUT2D eigenvalue weighted by atomic mass is 32.1. The molecule has 80 valence electrons. The third-order valence-electron chi connectivity index (χ3n) is 2.31. The second kappa shape index (κ2) is 5.09. The Morgan fingerprint density at radius 1 is 1.40 bits per heavy atom. The molecule has 15 heavy (non-hydrogen) atoms. The van der Waals surface area contributed by atoms with Crippen molar-refractivity contribution in [1.29, 1.82) is 0 Å². The summed E-state index contributed by atoms with van der Waals surface area (Å²) in [6.45, 7) is 1.77. The number of imidazole rings is 1. The minimum Gasteiger partial charge on any atom is -0.330 e. The van der Waals surface area contributed by atoms with Crippen LogP contribution in [0.5, 0.6) is 0 Å². The van der Waals surface area contributed by atoms with E-state index in [1.807, 2.05) is 12.4 Å².